The van der Waals surface area contributed by atoms with Crippen molar-refractivity contribution in [3.05, 3.63) is 84.0 Å². The molecule has 4 rings (SSSR count). The number of nitrogens with zero attached hydrogens (tertiary/aromatic N) is 5. The minimum atomic E-state index is -0.320. The number of hydrogen-bond donors (Lipinski definition) is 3. The van der Waals surface area contributed by atoms with Crippen LogP contribution in [0.25, 0.3) is 0 Å². The largest absolute Gasteiger partial charge is 0.496 e. The second kappa shape index (κ2) is 17.7. The van der Waals surface area contributed by atoms with E-state index in [9.17, 15) is 14.7 Å². The fourth-order valence-electron chi connectivity index (χ4n) is 4.74. The van der Waals surface area contributed by atoms with Gasteiger partial charge < -0.3 is 35.0 Å². The van der Waals surface area contributed by atoms with Crippen molar-refractivity contribution < 1.29 is 29.3 Å². The predicted molar refractivity (Wildman–Crippen MR) is 180 cm³/mol. The van der Waals surface area contributed by atoms with Crippen LogP contribution in [0.5, 0.6) is 5.75 Å². The highest BCUT2D eigenvalue weighted by atomic mass is 32.1. The number of rotatable bonds is 12. The molecular weight excluding hydrogens is 596 g/mol. The second-order valence-corrected chi connectivity index (χ2v) is 10.5. The molecule has 0 aliphatic carbocycles. The molecule has 1 atom stereocenters. The summed E-state index contributed by atoms with van der Waals surface area (Å²) in [7, 11) is 7.57. The van der Waals surface area contributed by atoms with Gasteiger partial charge in [-0.3, -0.25) is 14.4 Å². The molecule has 1 aliphatic heterocycles. The van der Waals surface area contributed by atoms with Crippen molar-refractivity contribution in [2.24, 2.45) is 0 Å². The molecule has 2 heterocycles. The summed E-state index contributed by atoms with van der Waals surface area (Å²) in [4.78, 5) is 49.1. The van der Waals surface area contributed by atoms with Gasteiger partial charge in [0.1, 0.15) is 17.3 Å². The lowest BCUT2D eigenvalue weighted by Gasteiger charge is -2.25. The number of anilines is 3. The van der Waals surface area contributed by atoms with Crippen molar-refractivity contribution in [3.63, 3.8) is 0 Å². The molecule has 3 N–H and O–H groups in total. The van der Waals surface area contributed by atoms with Crippen molar-refractivity contribution in [1.29, 1.82) is 0 Å². The molecule has 1 aromatic heterocycles. The molecule has 12 nitrogen and oxygen atoms in total. The number of ketones is 1. The summed E-state index contributed by atoms with van der Waals surface area (Å²) in [6, 6.07) is 12.7. The quantitative estimate of drug-likeness (QED) is 0.153. The number of carboxylic acid groups (broad SMARTS) is 1. The van der Waals surface area contributed by atoms with Gasteiger partial charge >= 0.3 is 0 Å². The SMILES string of the molecule is C=CC(=O)Nc1cc(Cc2nccc(C(=O)c3ccc(N4CC[C@H](O)C4)cc3)n2)c(OC)cc1N(C)CCN(C)C.O=CO.S. The maximum atomic E-state index is 13.3. The fraction of sp³-hybridized carbons (Fsp3) is 0.344. The van der Waals surface area contributed by atoms with Gasteiger partial charge in [-0.15, -0.1) is 0 Å². The Bertz CT molecular complexity index is 1450. The number of amides is 1. The number of hydrogen-bond acceptors (Lipinski definition) is 10. The van der Waals surface area contributed by atoms with Crippen molar-refractivity contribution in [2.45, 2.75) is 18.9 Å². The van der Waals surface area contributed by atoms with Crippen molar-refractivity contribution in [1.82, 2.24) is 14.9 Å². The molecule has 0 unspecified atom stereocenters. The minimum absolute atomic E-state index is 0. The van der Waals surface area contributed by atoms with E-state index in [1.165, 1.54) is 6.08 Å². The highest BCUT2D eigenvalue weighted by Crippen LogP contribution is 2.34. The van der Waals surface area contributed by atoms with Gasteiger partial charge in [-0.25, -0.2) is 9.97 Å². The summed E-state index contributed by atoms with van der Waals surface area (Å²) in [5.41, 5.74) is 3.97. The smallest absolute Gasteiger partial charge is 0.290 e. The Morgan fingerprint density at radius 2 is 1.84 bits per heavy atom. The van der Waals surface area contributed by atoms with Crippen LogP contribution in [0.3, 0.4) is 0 Å². The third-order valence-electron chi connectivity index (χ3n) is 7.08. The number of aliphatic hydroxyl groups is 1. The molecule has 13 heteroatoms. The Morgan fingerprint density at radius 3 is 2.42 bits per heavy atom. The Balaban J connectivity index is 0.00000169. The van der Waals surface area contributed by atoms with E-state index in [0.29, 0.717) is 41.5 Å². The number of aromatic nitrogens is 2. The summed E-state index contributed by atoms with van der Waals surface area (Å²) < 4.78 is 5.72. The van der Waals surface area contributed by atoms with Crippen LogP contribution in [0.4, 0.5) is 17.1 Å². The first kappa shape index (κ1) is 36.7. The number of benzene rings is 2. The highest BCUT2D eigenvalue weighted by Gasteiger charge is 2.21. The lowest BCUT2D eigenvalue weighted by Crippen LogP contribution is -2.29. The molecule has 0 bridgehead atoms. The van der Waals surface area contributed by atoms with Crippen LogP contribution in [0, 0.1) is 0 Å². The monoisotopic (exact) mass is 638 g/mol. The average molecular weight is 639 g/mol. The Labute approximate surface area is 270 Å². The van der Waals surface area contributed by atoms with Gasteiger partial charge in [0.2, 0.25) is 11.7 Å². The Hall–Kier alpha value is -4.46. The lowest BCUT2D eigenvalue weighted by atomic mass is 10.1. The number of aliphatic hydroxyl groups excluding tert-OH is 1. The maximum absolute atomic E-state index is 13.3. The van der Waals surface area contributed by atoms with Crippen LogP contribution in [0.2, 0.25) is 0 Å². The molecule has 1 aliphatic rings. The van der Waals surface area contributed by atoms with E-state index in [0.717, 1.165) is 43.0 Å². The van der Waals surface area contributed by atoms with Crippen LogP contribution in [-0.4, -0.2) is 104 Å². The first-order chi connectivity index (χ1) is 21.1. The number of carbonyl (C=O) groups excluding carboxylic acids is 2. The van der Waals surface area contributed by atoms with Gasteiger partial charge in [-0.05, 0) is 63.0 Å². The van der Waals surface area contributed by atoms with Gasteiger partial charge in [-0.1, -0.05) is 6.58 Å². The van der Waals surface area contributed by atoms with Crippen LogP contribution >= 0.6 is 13.5 Å². The van der Waals surface area contributed by atoms with Crippen molar-refractivity contribution >= 4 is 48.7 Å². The standard InChI is InChI=1S/C31H38N6O4.CH2O2.H2S/c1-6-30(39)34-26-17-22(28(41-5)19-27(26)36(4)16-15-35(2)3)18-29-32-13-11-25(33-29)31(40)21-7-9-23(10-8-21)37-14-12-24(38)20-37;2-1-3;/h6-11,13,17,19,24,38H,1,12,14-16,18,20H2,2-5H3,(H,34,39);1H,(H,2,3);1H2/t24-;;/m0../s1. The van der Waals surface area contributed by atoms with Crippen LogP contribution in [-0.2, 0) is 16.0 Å². The highest BCUT2D eigenvalue weighted by molar-refractivity contribution is 7.59. The number of likely N-dealkylation sites (N-methyl/N-ethyl adjacent to an activating group) is 2. The molecule has 1 saturated heterocycles. The predicted octanol–water partition coefficient (Wildman–Crippen LogP) is 2.81. The molecule has 1 amide bonds. The van der Waals surface area contributed by atoms with E-state index in [2.05, 4.69) is 36.6 Å². The minimum Gasteiger partial charge on any atom is -0.496 e. The molecule has 2 aromatic carbocycles. The van der Waals surface area contributed by atoms with Crippen LogP contribution < -0.4 is 19.9 Å². The lowest BCUT2D eigenvalue weighted by molar-refractivity contribution is -0.122. The summed E-state index contributed by atoms with van der Waals surface area (Å²) in [6.45, 7) is 6.27. The fourth-order valence-corrected chi connectivity index (χ4v) is 4.74. The van der Waals surface area contributed by atoms with Crippen molar-refractivity contribution in [2.75, 3.05) is 69.5 Å². The number of ether oxygens (including phenoxy) is 1. The van der Waals surface area contributed by atoms with Crippen molar-refractivity contribution in [3.8, 4) is 5.75 Å². The number of carbonyl (C=O) groups is 3. The van der Waals surface area contributed by atoms with E-state index >= 15 is 0 Å². The van der Waals surface area contributed by atoms with Gasteiger partial charge in [-0.2, -0.15) is 13.5 Å². The molecule has 1 fully saturated rings. The van der Waals surface area contributed by atoms with Gasteiger partial charge in [0, 0.05) is 68.7 Å². The summed E-state index contributed by atoms with van der Waals surface area (Å²) in [6.07, 6.45) is 3.52. The van der Waals surface area contributed by atoms with E-state index in [1.54, 1.807) is 31.5 Å². The molecule has 0 spiro atoms. The second-order valence-electron chi connectivity index (χ2n) is 10.5. The number of β-amino-alcohol motifs (C(OH)–C–C–N with tert-alkyl or cyclic N) is 1. The molecule has 45 heavy (non-hydrogen) atoms. The number of nitrogens with one attached hydrogen (secondary N) is 1. The topological polar surface area (TPSA) is 148 Å². The van der Waals surface area contributed by atoms with E-state index in [1.807, 2.05) is 45.4 Å². The zero-order valence-corrected chi connectivity index (χ0v) is 27.1. The number of methoxy groups -OCH3 is 1. The van der Waals surface area contributed by atoms with Gasteiger partial charge in [0.05, 0.1) is 24.6 Å². The van der Waals surface area contributed by atoms with E-state index < -0.39 is 0 Å². The summed E-state index contributed by atoms with van der Waals surface area (Å²) >= 11 is 0. The zero-order valence-electron chi connectivity index (χ0n) is 26.1. The molecular formula is C32H42N6O6S. The van der Waals surface area contributed by atoms with E-state index in [-0.39, 0.29) is 37.8 Å². The van der Waals surface area contributed by atoms with Crippen LogP contribution in [0.15, 0.2) is 61.3 Å². The third kappa shape index (κ3) is 10.3. The summed E-state index contributed by atoms with van der Waals surface area (Å²) in [5.74, 6) is 0.548. The maximum Gasteiger partial charge on any atom is 0.290 e. The first-order valence-corrected chi connectivity index (χ1v) is 14.1. The first-order valence-electron chi connectivity index (χ1n) is 14.1. The van der Waals surface area contributed by atoms with E-state index in [4.69, 9.17) is 14.6 Å². The molecule has 0 radical (unpaired) electrons. The molecule has 0 saturated carbocycles. The molecule has 242 valence electrons. The Morgan fingerprint density at radius 1 is 1.16 bits per heavy atom. The summed E-state index contributed by atoms with van der Waals surface area (Å²) in [5, 5.41) is 19.6. The third-order valence-corrected chi connectivity index (χ3v) is 7.08. The van der Waals surface area contributed by atoms with Crippen LogP contribution in [0.1, 0.15) is 33.9 Å². The van der Waals surface area contributed by atoms with Gasteiger partial charge in [0.15, 0.2) is 0 Å². The Kier molecular flexibility index (Phi) is 14.5. The average Bonchev–Trinajstić information content (AvgIpc) is 3.46. The normalized spacial score (nSPS) is 13.6. The van der Waals surface area contributed by atoms with Gasteiger partial charge in [0.25, 0.3) is 6.47 Å². The zero-order chi connectivity index (χ0) is 32.2. The molecule has 3 aromatic rings.